The summed E-state index contributed by atoms with van der Waals surface area (Å²) in [7, 11) is 1.72. The minimum Gasteiger partial charge on any atom is -0.497 e. The lowest BCUT2D eigenvalue weighted by Crippen LogP contribution is -2.37. The van der Waals surface area contributed by atoms with E-state index in [0.717, 1.165) is 16.8 Å². The number of nitrogens with one attached hydrogen (secondary N) is 1. The third kappa shape index (κ3) is 3.62. The van der Waals surface area contributed by atoms with E-state index in [4.69, 9.17) is 4.74 Å². The van der Waals surface area contributed by atoms with Crippen molar-refractivity contribution in [2.24, 2.45) is 5.41 Å². The van der Waals surface area contributed by atoms with E-state index >= 15 is 0 Å². The molecule has 1 fully saturated rings. The highest BCUT2D eigenvalue weighted by molar-refractivity contribution is 9.10. The Morgan fingerprint density at radius 2 is 2.00 bits per heavy atom. The molecule has 0 radical (unpaired) electrons. The van der Waals surface area contributed by atoms with Gasteiger partial charge in [-0.25, -0.2) is 0 Å². The van der Waals surface area contributed by atoms with E-state index in [1.807, 2.05) is 0 Å². The number of rotatable bonds is 7. The minimum absolute atomic E-state index is 0.409. The van der Waals surface area contributed by atoms with Crippen LogP contribution < -0.4 is 10.1 Å². The monoisotopic (exact) mass is 353 g/mol. The van der Waals surface area contributed by atoms with Crippen LogP contribution in [-0.2, 0) is 0 Å². The number of hydrogen-bond acceptors (Lipinski definition) is 2. The summed E-state index contributed by atoms with van der Waals surface area (Å²) in [6.45, 7) is 5.66. The first-order chi connectivity index (χ1) is 10.2. The van der Waals surface area contributed by atoms with Gasteiger partial charge in [-0.3, -0.25) is 0 Å². The molecule has 118 valence electrons. The Bertz CT molecular complexity index is 455. The molecule has 1 aromatic rings. The molecule has 0 saturated heterocycles. The van der Waals surface area contributed by atoms with Crippen molar-refractivity contribution in [2.75, 3.05) is 13.7 Å². The Morgan fingerprint density at radius 1 is 1.29 bits per heavy atom. The summed E-state index contributed by atoms with van der Waals surface area (Å²) in [4.78, 5) is 0. The molecule has 1 unspecified atom stereocenters. The summed E-state index contributed by atoms with van der Waals surface area (Å²) >= 11 is 3.76. The van der Waals surface area contributed by atoms with Gasteiger partial charge >= 0.3 is 0 Å². The van der Waals surface area contributed by atoms with Crippen LogP contribution in [0.3, 0.4) is 0 Å². The number of methoxy groups -OCH3 is 1. The van der Waals surface area contributed by atoms with Crippen molar-refractivity contribution in [3.8, 4) is 5.75 Å². The zero-order valence-corrected chi connectivity index (χ0v) is 15.1. The summed E-state index contributed by atoms with van der Waals surface area (Å²) in [6, 6.07) is 6.84. The van der Waals surface area contributed by atoms with Crippen molar-refractivity contribution in [3.63, 3.8) is 0 Å². The van der Waals surface area contributed by atoms with E-state index in [-0.39, 0.29) is 0 Å². The van der Waals surface area contributed by atoms with E-state index in [9.17, 15) is 0 Å². The normalized spacial score (nSPS) is 18.7. The van der Waals surface area contributed by atoms with Crippen LogP contribution in [0.2, 0.25) is 0 Å². The fraction of sp³-hybridized carbons (Fsp3) is 0.667. The maximum Gasteiger partial charge on any atom is 0.120 e. The predicted molar refractivity (Wildman–Crippen MR) is 92.9 cm³/mol. The first-order valence-electron chi connectivity index (χ1n) is 8.23. The number of ether oxygens (including phenoxy) is 1. The minimum atomic E-state index is 0.409. The quantitative estimate of drug-likeness (QED) is 0.701. The molecular weight excluding hydrogens is 326 g/mol. The van der Waals surface area contributed by atoms with E-state index < -0.39 is 0 Å². The van der Waals surface area contributed by atoms with Gasteiger partial charge in [0.1, 0.15) is 5.75 Å². The molecule has 1 aromatic carbocycles. The lowest BCUT2D eigenvalue weighted by molar-refractivity contribution is 0.186. The van der Waals surface area contributed by atoms with Gasteiger partial charge in [0.05, 0.1) is 7.11 Å². The Morgan fingerprint density at radius 3 is 2.52 bits per heavy atom. The molecule has 1 aliphatic carbocycles. The first kappa shape index (κ1) is 16.8. The van der Waals surface area contributed by atoms with E-state index in [2.05, 4.69) is 53.3 Å². The second-order valence-electron chi connectivity index (χ2n) is 6.20. The van der Waals surface area contributed by atoms with E-state index in [1.165, 1.54) is 44.1 Å². The molecule has 1 N–H and O–H groups in total. The lowest BCUT2D eigenvalue weighted by atomic mass is 9.73. The first-order valence-corrected chi connectivity index (χ1v) is 9.03. The molecular formula is C18H28BrNO. The fourth-order valence-electron chi connectivity index (χ4n) is 3.74. The van der Waals surface area contributed by atoms with Crippen molar-refractivity contribution in [1.29, 1.82) is 0 Å². The van der Waals surface area contributed by atoms with Crippen molar-refractivity contribution in [1.82, 2.24) is 5.32 Å². The van der Waals surface area contributed by atoms with Gasteiger partial charge < -0.3 is 10.1 Å². The van der Waals surface area contributed by atoms with Crippen LogP contribution in [0.4, 0.5) is 0 Å². The van der Waals surface area contributed by atoms with Gasteiger partial charge in [-0.15, -0.1) is 0 Å². The molecule has 2 nitrogen and oxygen atoms in total. The molecule has 0 heterocycles. The number of halogens is 1. The molecule has 2 rings (SSSR count). The average Bonchev–Trinajstić information content (AvgIpc) is 2.99. The summed E-state index contributed by atoms with van der Waals surface area (Å²) in [5.74, 6) is 0.914. The Labute approximate surface area is 137 Å². The molecule has 0 aliphatic heterocycles. The van der Waals surface area contributed by atoms with Crippen LogP contribution in [0, 0.1) is 5.41 Å². The molecule has 1 saturated carbocycles. The highest BCUT2D eigenvalue weighted by Gasteiger charge is 2.40. The average molecular weight is 354 g/mol. The molecule has 0 bridgehead atoms. The molecule has 21 heavy (non-hydrogen) atoms. The smallest absolute Gasteiger partial charge is 0.120 e. The van der Waals surface area contributed by atoms with Gasteiger partial charge in [-0.1, -0.05) is 48.7 Å². The summed E-state index contributed by atoms with van der Waals surface area (Å²) in [5, 5.41) is 3.83. The zero-order chi connectivity index (χ0) is 15.3. The Hall–Kier alpha value is -0.540. The third-order valence-electron chi connectivity index (χ3n) is 5.03. The predicted octanol–water partition coefficient (Wildman–Crippen LogP) is 5.47. The largest absolute Gasteiger partial charge is 0.497 e. The van der Waals surface area contributed by atoms with Gasteiger partial charge in [0, 0.05) is 10.5 Å². The van der Waals surface area contributed by atoms with Gasteiger partial charge in [0.25, 0.3) is 0 Å². The van der Waals surface area contributed by atoms with Crippen LogP contribution >= 0.6 is 15.9 Å². The number of benzene rings is 1. The van der Waals surface area contributed by atoms with E-state index in [1.54, 1.807) is 7.11 Å². The topological polar surface area (TPSA) is 21.3 Å². The zero-order valence-electron chi connectivity index (χ0n) is 13.5. The maximum absolute atomic E-state index is 5.34. The molecule has 1 atom stereocenters. The Balaban J connectivity index is 2.35. The summed E-state index contributed by atoms with van der Waals surface area (Å²) < 4.78 is 6.50. The third-order valence-corrected chi connectivity index (χ3v) is 5.72. The van der Waals surface area contributed by atoms with Gasteiger partial charge in [0.15, 0.2) is 0 Å². The van der Waals surface area contributed by atoms with Crippen LogP contribution in [0.15, 0.2) is 22.7 Å². The highest BCUT2D eigenvalue weighted by Crippen LogP contribution is 2.51. The molecule has 3 heteroatoms. The highest BCUT2D eigenvalue weighted by atomic mass is 79.9. The van der Waals surface area contributed by atoms with Crippen molar-refractivity contribution in [2.45, 2.75) is 58.4 Å². The van der Waals surface area contributed by atoms with Gasteiger partial charge in [0.2, 0.25) is 0 Å². The van der Waals surface area contributed by atoms with Gasteiger partial charge in [-0.05, 0) is 55.3 Å². The van der Waals surface area contributed by atoms with Gasteiger partial charge in [-0.2, -0.15) is 0 Å². The van der Waals surface area contributed by atoms with Crippen LogP contribution in [0.1, 0.15) is 64.0 Å². The SMILES string of the molecule is CCCNC(c1ccc(OC)cc1Br)C1(CC)CCCC1. The lowest BCUT2D eigenvalue weighted by Gasteiger charge is -2.38. The molecule has 0 amide bonds. The van der Waals surface area contributed by atoms with Crippen LogP contribution in [0.25, 0.3) is 0 Å². The van der Waals surface area contributed by atoms with Crippen molar-refractivity contribution < 1.29 is 4.74 Å². The molecule has 1 aliphatic rings. The maximum atomic E-state index is 5.34. The second-order valence-corrected chi connectivity index (χ2v) is 7.05. The van der Waals surface area contributed by atoms with E-state index in [0.29, 0.717) is 11.5 Å². The second kappa shape index (κ2) is 7.64. The van der Waals surface area contributed by atoms with Crippen LogP contribution in [0.5, 0.6) is 5.75 Å². The summed E-state index contributed by atoms with van der Waals surface area (Å²) in [6.07, 6.45) is 7.82. The summed E-state index contributed by atoms with van der Waals surface area (Å²) in [5.41, 5.74) is 1.79. The van der Waals surface area contributed by atoms with Crippen LogP contribution in [-0.4, -0.2) is 13.7 Å². The fourth-order valence-corrected chi connectivity index (χ4v) is 4.33. The molecule has 0 spiro atoms. The van der Waals surface area contributed by atoms with Crippen molar-refractivity contribution in [3.05, 3.63) is 28.2 Å². The Kier molecular flexibility index (Phi) is 6.12. The van der Waals surface area contributed by atoms with Crippen molar-refractivity contribution >= 4 is 15.9 Å². The standard InChI is InChI=1S/C18H28BrNO/c1-4-12-20-17(18(5-2)10-6-7-11-18)15-9-8-14(21-3)13-16(15)19/h8-9,13,17,20H,4-7,10-12H2,1-3H3. The number of hydrogen-bond donors (Lipinski definition) is 1. The molecule has 0 aromatic heterocycles.